The topological polar surface area (TPSA) is 71.2 Å². The first kappa shape index (κ1) is 16.4. The van der Waals surface area contributed by atoms with E-state index in [9.17, 15) is 9.59 Å². The first-order valence-corrected chi connectivity index (χ1v) is 8.80. The maximum Gasteiger partial charge on any atom is 0.340 e. The number of carbonyl (C=O) groups excluding carboxylic acids is 2. The van der Waals surface area contributed by atoms with Crippen LogP contribution in [0.5, 0.6) is 0 Å². The van der Waals surface area contributed by atoms with Crippen LogP contribution >= 0.6 is 0 Å². The third-order valence-corrected chi connectivity index (χ3v) is 4.96. The predicted molar refractivity (Wildman–Crippen MR) is 100 cm³/mol. The molecule has 0 saturated heterocycles. The van der Waals surface area contributed by atoms with Crippen molar-refractivity contribution >= 4 is 28.5 Å². The van der Waals surface area contributed by atoms with Gasteiger partial charge in [-0.2, -0.15) is 0 Å². The SMILES string of the molecule is CCOC(=O)c1ccccc1NC(=O)C1(c2c[nH]c3ccccc23)CC1. The highest BCUT2D eigenvalue weighted by Crippen LogP contribution is 2.51. The van der Waals surface area contributed by atoms with Gasteiger partial charge in [0.25, 0.3) is 0 Å². The number of anilines is 1. The van der Waals surface area contributed by atoms with Crippen molar-refractivity contribution in [3.8, 4) is 0 Å². The zero-order valence-electron chi connectivity index (χ0n) is 14.5. The van der Waals surface area contributed by atoms with Crippen LogP contribution < -0.4 is 5.32 Å². The minimum Gasteiger partial charge on any atom is -0.462 e. The molecular formula is C21H20N2O3. The molecule has 1 aromatic heterocycles. The molecule has 1 heterocycles. The summed E-state index contributed by atoms with van der Waals surface area (Å²) in [4.78, 5) is 28.5. The molecule has 0 atom stereocenters. The number of hydrogen-bond acceptors (Lipinski definition) is 3. The van der Waals surface area contributed by atoms with Crippen molar-refractivity contribution in [1.82, 2.24) is 4.98 Å². The number of ether oxygens (including phenoxy) is 1. The third kappa shape index (κ3) is 2.65. The summed E-state index contributed by atoms with van der Waals surface area (Å²) >= 11 is 0. The predicted octanol–water partition coefficient (Wildman–Crippen LogP) is 4.01. The van der Waals surface area contributed by atoms with E-state index in [2.05, 4.69) is 10.3 Å². The Morgan fingerprint density at radius 3 is 2.62 bits per heavy atom. The smallest absolute Gasteiger partial charge is 0.340 e. The van der Waals surface area contributed by atoms with Gasteiger partial charge in [0, 0.05) is 17.1 Å². The van der Waals surface area contributed by atoms with Crippen molar-refractivity contribution in [2.45, 2.75) is 25.2 Å². The largest absolute Gasteiger partial charge is 0.462 e. The molecule has 4 rings (SSSR count). The molecule has 1 aliphatic carbocycles. The van der Waals surface area contributed by atoms with Crippen LogP contribution in [0.4, 0.5) is 5.69 Å². The lowest BCUT2D eigenvalue weighted by atomic mass is 9.94. The molecule has 5 heteroatoms. The van der Waals surface area contributed by atoms with Crippen LogP contribution in [-0.2, 0) is 14.9 Å². The monoisotopic (exact) mass is 348 g/mol. The molecule has 2 aromatic carbocycles. The molecule has 0 aliphatic heterocycles. The highest BCUT2D eigenvalue weighted by atomic mass is 16.5. The number of aromatic nitrogens is 1. The van der Waals surface area contributed by atoms with E-state index in [1.54, 1.807) is 31.2 Å². The lowest BCUT2D eigenvalue weighted by Crippen LogP contribution is -2.28. The molecule has 1 amide bonds. The maximum atomic E-state index is 13.1. The van der Waals surface area contributed by atoms with Crippen LogP contribution in [0.1, 0.15) is 35.7 Å². The molecule has 0 unspecified atom stereocenters. The molecule has 0 spiro atoms. The third-order valence-electron chi connectivity index (χ3n) is 4.96. The number of carbonyl (C=O) groups is 2. The van der Waals surface area contributed by atoms with Gasteiger partial charge in [0.15, 0.2) is 0 Å². The number of esters is 1. The molecule has 1 aliphatic rings. The van der Waals surface area contributed by atoms with Gasteiger partial charge in [-0.25, -0.2) is 4.79 Å². The van der Waals surface area contributed by atoms with E-state index in [1.807, 2.05) is 30.5 Å². The van der Waals surface area contributed by atoms with E-state index in [0.29, 0.717) is 17.9 Å². The second kappa shape index (κ2) is 6.33. The second-order valence-electron chi connectivity index (χ2n) is 6.55. The Morgan fingerprint density at radius 2 is 1.85 bits per heavy atom. The van der Waals surface area contributed by atoms with Crippen LogP contribution in [0.3, 0.4) is 0 Å². The molecular weight excluding hydrogens is 328 g/mol. The minimum absolute atomic E-state index is 0.0843. The number of amides is 1. The molecule has 1 fully saturated rings. The Labute approximate surface area is 151 Å². The van der Waals surface area contributed by atoms with Gasteiger partial charge in [-0.1, -0.05) is 30.3 Å². The number of para-hydroxylation sites is 2. The number of H-pyrrole nitrogens is 1. The van der Waals surface area contributed by atoms with Crippen molar-refractivity contribution in [3.63, 3.8) is 0 Å². The van der Waals surface area contributed by atoms with E-state index < -0.39 is 11.4 Å². The highest BCUT2D eigenvalue weighted by Gasteiger charge is 2.52. The van der Waals surface area contributed by atoms with Gasteiger partial charge in [-0.05, 0) is 43.5 Å². The number of benzene rings is 2. The zero-order valence-corrected chi connectivity index (χ0v) is 14.5. The summed E-state index contributed by atoms with van der Waals surface area (Å²) in [7, 11) is 0. The van der Waals surface area contributed by atoms with E-state index in [4.69, 9.17) is 4.74 Å². The second-order valence-corrected chi connectivity index (χ2v) is 6.55. The van der Waals surface area contributed by atoms with Crippen LogP contribution in [-0.4, -0.2) is 23.5 Å². The fraction of sp³-hybridized carbons (Fsp3) is 0.238. The first-order valence-electron chi connectivity index (χ1n) is 8.80. The minimum atomic E-state index is -0.540. The van der Waals surface area contributed by atoms with Crippen molar-refractivity contribution < 1.29 is 14.3 Å². The van der Waals surface area contributed by atoms with Crippen molar-refractivity contribution in [2.75, 3.05) is 11.9 Å². The first-order chi connectivity index (χ1) is 12.7. The number of nitrogens with one attached hydrogen (secondary N) is 2. The Kier molecular flexibility index (Phi) is 3.99. The summed E-state index contributed by atoms with van der Waals surface area (Å²) < 4.78 is 5.09. The molecule has 3 aromatic rings. The summed E-state index contributed by atoms with van der Waals surface area (Å²) in [6.45, 7) is 2.05. The molecule has 132 valence electrons. The van der Waals surface area contributed by atoms with Gasteiger partial charge in [0.1, 0.15) is 0 Å². The Hall–Kier alpha value is -3.08. The summed E-state index contributed by atoms with van der Waals surface area (Å²) in [6, 6.07) is 14.9. The van der Waals surface area contributed by atoms with Gasteiger partial charge in [0.2, 0.25) is 5.91 Å². The van der Waals surface area contributed by atoms with Crippen molar-refractivity contribution in [3.05, 3.63) is 65.9 Å². The van der Waals surface area contributed by atoms with Gasteiger partial charge in [-0.15, -0.1) is 0 Å². The summed E-state index contributed by atoms with van der Waals surface area (Å²) in [5.74, 6) is -0.514. The van der Waals surface area contributed by atoms with E-state index in [0.717, 1.165) is 29.3 Å². The van der Waals surface area contributed by atoms with Crippen LogP contribution in [0.25, 0.3) is 10.9 Å². The van der Waals surface area contributed by atoms with E-state index in [-0.39, 0.29) is 5.91 Å². The van der Waals surface area contributed by atoms with Crippen molar-refractivity contribution in [2.24, 2.45) is 0 Å². The Balaban J connectivity index is 1.64. The summed E-state index contributed by atoms with van der Waals surface area (Å²) in [6.07, 6.45) is 3.51. The quantitative estimate of drug-likeness (QED) is 0.684. The highest BCUT2D eigenvalue weighted by molar-refractivity contribution is 6.07. The van der Waals surface area contributed by atoms with E-state index >= 15 is 0 Å². The standard InChI is InChI=1S/C21H20N2O3/c1-2-26-19(24)15-8-4-6-10-18(15)23-20(25)21(11-12-21)16-13-22-17-9-5-3-7-14(16)17/h3-10,13,22H,2,11-12H2,1H3,(H,23,25). The lowest BCUT2D eigenvalue weighted by Gasteiger charge is -2.16. The maximum absolute atomic E-state index is 13.1. The van der Waals surface area contributed by atoms with Crippen LogP contribution in [0, 0.1) is 0 Å². The average molecular weight is 348 g/mol. The summed E-state index contributed by atoms with van der Waals surface area (Å²) in [5.41, 5.74) is 2.36. The van der Waals surface area contributed by atoms with Crippen LogP contribution in [0.15, 0.2) is 54.7 Å². The van der Waals surface area contributed by atoms with Gasteiger partial charge in [0.05, 0.1) is 23.3 Å². The molecule has 1 saturated carbocycles. The van der Waals surface area contributed by atoms with Gasteiger partial charge in [-0.3, -0.25) is 4.79 Å². The lowest BCUT2D eigenvalue weighted by molar-refractivity contribution is -0.118. The van der Waals surface area contributed by atoms with Gasteiger partial charge >= 0.3 is 5.97 Å². The Morgan fingerprint density at radius 1 is 1.12 bits per heavy atom. The number of aromatic amines is 1. The molecule has 0 bridgehead atoms. The Bertz CT molecular complexity index is 986. The van der Waals surface area contributed by atoms with Gasteiger partial charge < -0.3 is 15.0 Å². The average Bonchev–Trinajstić information content (AvgIpc) is 3.35. The normalized spacial score (nSPS) is 14.8. The van der Waals surface area contributed by atoms with Crippen LogP contribution in [0.2, 0.25) is 0 Å². The molecule has 26 heavy (non-hydrogen) atoms. The van der Waals surface area contributed by atoms with Crippen molar-refractivity contribution in [1.29, 1.82) is 0 Å². The fourth-order valence-corrected chi connectivity index (χ4v) is 3.43. The fourth-order valence-electron chi connectivity index (χ4n) is 3.43. The number of fused-ring (bicyclic) bond motifs is 1. The zero-order chi connectivity index (χ0) is 18.1. The number of hydrogen-bond donors (Lipinski definition) is 2. The number of rotatable bonds is 5. The molecule has 2 N–H and O–H groups in total. The summed E-state index contributed by atoms with van der Waals surface area (Å²) in [5, 5.41) is 4.02. The molecule has 0 radical (unpaired) electrons. The van der Waals surface area contributed by atoms with E-state index in [1.165, 1.54) is 0 Å². The molecule has 5 nitrogen and oxygen atoms in total.